The van der Waals surface area contributed by atoms with Gasteiger partial charge >= 0.3 is 0 Å². The van der Waals surface area contributed by atoms with Gasteiger partial charge in [-0.2, -0.15) is 0 Å². The zero-order valence-electron chi connectivity index (χ0n) is 17.1. The summed E-state index contributed by atoms with van der Waals surface area (Å²) in [5, 5.41) is 3.26. The van der Waals surface area contributed by atoms with Crippen LogP contribution in [0.3, 0.4) is 0 Å². The number of benzene rings is 2. The van der Waals surface area contributed by atoms with Crippen molar-refractivity contribution < 1.29 is 13.6 Å². The van der Waals surface area contributed by atoms with Gasteiger partial charge in [-0.1, -0.05) is 11.6 Å². The van der Waals surface area contributed by atoms with Crippen LogP contribution in [0.15, 0.2) is 42.5 Å². The van der Waals surface area contributed by atoms with Crippen molar-refractivity contribution in [1.82, 2.24) is 14.5 Å². The highest BCUT2D eigenvalue weighted by molar-refractivity contribution is 6.30. The highest BCUT2D eigenvalue weighted by Gasteiger charge is 2.38. The number of amides is 1. The number of nitrogens with one attached hydrogen (secondary N) is 1. The molecule has 1 amide bonds. The number of fused-ring (bicyclic) bond motifs is 1. The van der Waals surface area contributed by atoms with E-state index in [4.69, 9.17) is 22.3 Å². The van der Waals surface area contributed by atoms with Crippen molar-refractivity contribution in [3.05, 3.63) is 64.9 Å². The van der Waals surface area contributed by atoms with Crippen LogP contribution in [-0.2, 0) is 17.9 Å². The topological polar surface area (TPSA) is 76.2 Å². The van der Waals surface area contributed by atoms with Gasteiger partial charge in [-0.05, 0) is 56.3 Å². The van der Waals surface area contributed by atoms with Crippen LogP contribution in [0.2, 0.25) is 5.02 Å². The monoisotopic (exact) mass is 445 g/mol. The molecular formula is C22H22ClF2N5O. The minimum Gasteiger partial charge on any atom is -0.340 e. The third kappa shape index (κ3) is 4.00. The molecule has 162 valence electrons. The second-order valence-corrected chi connectivity index (χ2v) is 8.48. The predicted octanol–water partition coefficient (Wildman–Crippen LogP) is 4.30. The molecule has 6 nitrogen and oxygen atoms in total. The Kier molecular flexibility index (Phi) is 5.45. The SMILES string of the molecule is CC1(C)Cn2c(nc(-c3ccc(F)cc3)c2Nc2ccc(Cl)c(F)c2)CN1C(=O)CN. The van der Waals surface area contributed by atoms with Crippen molar-refractivity contribution in [2.24, 2.45) is 5.73 Å². The summed E-state index contributed by atoms with van der Waals surface area (Å²) >= 11 is 5.81. The number of hydrogen-bond donors (Lipinski definition) is 2. The largest absolute Gasteiger partial charge is 0.340 e. The van der Waals surface area contributed by atoms with Crippen molar-refractivity contribution >= 4 is 29.0 Å². The molecule has 9 heteroatoms. The smallest absolute Gasteiger partial charge is 0.237 e. The first-order valence-electron chi connectivity index (χ1n) is 9.77. The number of carbonyl (C=O) groups is 1. The first-order valence-corrected chi connectivity index (χ1v) is 10.2. The van der Waals surface area contributed by atoms with E-state index in [0.29, 0.717) is 35.1 Å². The molecule has 1 aromatic heterocycles. The van der Waals surface area contributed by atoms with E-state index in [-0.39, 0.29) is 29.8 Å². The van der Waals surface area contributed by atoms with Gasteiger partial charge in [0.25, 0.3) is 0 Å². The molecule has 2 heterocycles. The van der Waals surface area contributed by atoms with Crippen molar-refractivity contribution in [3.8, 4) is 11.3 Å². The van der Waals surface area contributed by atoms with E-state index >= 15 is 0 Å². The summed E-state index contributed by atoms with van der Waals surface area (Å²) in [4.78, 5) is 18.9. The molecule has 1 aliphatic rings. The van der Waals surface area contributed by atoms with Crippen molar-refractivity contribution in [2.75, 3.05) is 11.9 Å². The Bertz CT molecular complexity index is 1140. The summed E-state index contributed by atoms with van der Waals surface area (Å²) in [5.41, 5.74) is 6.83. The lowest BCUT2D eigenvalue weighted by Crippen LogP contribution is -2.55. The van der Waals surface area contributed by atoms with Gasteiger partial charge < -0.3 is 20.5 Å². The first kappa shape index (κ1) is 21.3. The highest BCUT2D eigenvalue weighted by atomic mass is 35.5. The average Bonchev–Trinajstić information content (AvgIpc) is 3.06. The third-order valence-corrected chi connectivity index (χ3v) is 5.70. The lowest BCUT2D eigenvalue weighted by atomic mass is 9.99. The van der Waals surface area contributed by atoms with Crippen LogP contribution in [0.25, 0.3) is 11.3 Å². The molecule has 0 fully saturated rings. The predicted molar refractivity (Wildman–Crippen MR) is 116 cm³/mol. The average molecular weight is 446 g/mol. The maximum atomic E-state index is 14.0. The van der Waals surface area contributed by atoms with E-state index in [0.717, 1.165) is 0 Å². The number of nitrogens with two attached hydrogens (primary N) is 1. The molecule has 0 radical (unpaired) electrons. The Morgan fingerprint density at radius 3 is 2.58 bits per heavy atom. The van der Waals surface area contributed by atoms with Crippen molar-refractivity contribution in [2.45, 2.75) is 32.5 Å². The Balaban J connectivity index is 1.84. The molecule has 0 aliphatic carbocycles. The lowest BCUT2D eigenvalue weighted by molar-refractivity contribution is -0.137. The third-order valence-electron chi connectivity index (χ3n) is 5.40. The molecular weight excluding hydrogens is 424 g/mol. The number of anilines is 2. The number of imidazole rings is 1. The minimum absolute atomic E-state index is 0.0247. The number of hydrogen-bond acceptors (Lipinski definition) is 4. The van der Waals surface area contributed by atoms with Gasteiger partial charge in [-0.25, -0.2) is 13.8 Å². The summed E-state index contributed by atoms with van der Waals surface area (Å²) in [7, 11) is 0. The molecule has 0 saturated heterocycles. The van der Waals surface area contributed by atoms with Gasteiger partial charge in [-0.3, -0.25) is 4.79 Å². The van der Waals surface area contributed by atoms with Crippen molar-refractivity contribution in [3.63, 3.8) is 0 Å². The van der Waals surface area contributed by atoms with Gasteiger partial charge in [-0.15, -0.1) is 0 Å². The van der Waals surface area contributed by atoms with Crippen LogP contribution >= 0.6 is 11.6 Å². The van der Waals surface area contributed by atoms with E-state index in [2.05, 4.69) is 5.32 Å². The molecule has 0 spiro atoms. The van der Waals surface area contributed by atoms with Crippen LogP contribution in [-0.4, -0.2) is 32.4 Å². The first-order chi connectivity index (χ1) is 14.7. The van der Waals surface area contributed by atoms with Crippen molar-refractivity contribution in [1.29, 1.82) is 0 Å². The molecule has 0 atom stereocenters. The Morgan fingerprint density at radius 1 is 1.23 bits per heavy atom. The second-order valence-electron chi connectivity index (χ2n) is 8.07. The molecule has 3 N–H and O–H groups in total. The van der Waals surface area contributed by atoms with E-state index in [1.165, 1.54) is 24.3 Å². The Hall–Kier alpha value is -2.97. The van der Waals surface area contributed by atoms with E-state index in [1.807, 2.05) is 18.4 Å². The standard InChI is InChI=1S/C22H22ClF2N5O/c1-22(2)12-29-18(11-30(22)19(31)10-26)28-20(13-3-5-14(24)6-4-13)21(29)27-15-7-8-16(23)17(25)9-15/h3-9,27H,10-12,26H2,1-2H3. The van der Waals surface area contributed by atoms with Gasteiger partial charge in [0.1, 0.15) is 29.0 Å². The molecule has 0 bridgehead atoms. The molecule has 0 saturated carbocycles. The Labute approximate surface area is 183 Å². The number of halogens is 3. The molecule has 31 heavy (non-hydrogen) atoms. The van der Waals surface area contributed by atoms with E-state index < -0.39 is 11.4 Å². The second kappa shape index (κ2) is 7.94. The van der Waals surface area contributed by atoms with E-state index in [1.54, 1.807) is 23.1 Å². The number of rotatable bonds is 4. The number of nitrogens with zero attached hydrogens (tertiary/aromatic N) is 3. The van der Waals surface area contributed by atoms with Crippen LogP contribution in [0.4, 0.5) is 20.3 Å². The van der Waals surface area contributed by atoms with Gasteiger partial charge in [0.15, 0.2) is 0 Å². The molecule has 3 aromatic rings. The lowest BCUT2D eigenvalue weighted by Gasteiger charge is -2.42. The molecule has 0 unspecified atom stereocenters. The van der Waals surface area contributed by atoms with Crippen LogP contribution in [0.5, 0.6) is 0 Å². The van der Waals surface area contributed by atoms with Crippen LogP contribution < -0.4 is 11.1 Å². The zero-order chi connectivity index (χ0) is 22.3. The fourth-order valence-electron chi connectivity index (χ4n) is 3.80. The number of aromatic nitrogens is 2. The highest BCUT2D eigenvalue weighted by Crippen LogP contribution is 2.37. The summed E-state index contributed by atoms with van der Waals surface area (Å²) in [6.45, 7) is 4.53. The minimum atomic E-state index is -0.548. The Morgan fingerprint density at radius 2 is 1.94 bits per heavy atom. The summed E-state index contributed by atoms with van der Waals surface area (Å²) in [6.07, 6.45) is 0. The summed E-state index contributed by atoms with van der Waals surface area (Å²) < 4.78 is 29.5. The normalized spacial score (nSPS) is 15.0. The molecule has 2 aromatic carbocycles. The fourth-order valence-corrected chi connectivity index (χ4v) is 3.92. The zero-order valence-corrected chi connectivity index (χ0v) is 17.9. The number of carbonyl (C=O) groups excluding carboxylic acids is 1. The fraction of sp³-hybridized carbons (Fsp3) is 0.273. The maximum Gasteiger partial charge on any atom is 0.237 e. The van der Waals surface area contributed by atoms with Gasteiger partial charge in [0, 0.05) is 17.8 Å². The molecule has 1 aliphatic heterocycles. The molecule has 4 rings (SSSR count). The van der Waals surface area contributed by atoms with Crippen LogP contribution in [0.1, 0.15) is 19.7 Å². The van der Waals surface area contributed by atoms with E-state index in [9.17, 15) is 13.6 Å². The van der Waals surface area contributed by atoms with Gasteiger partial charge in [0.2, 0.25) is 5.91 Å². The quantitative estimate of drug-likeness (QED) is 0.627. The summed E-state index contributed by atoms with van der Waals surface area (Å²) in [5.74, 6) is 0.196. The van der Waals surface area contributed by atoms with Gasteiger partial charge in [0.05, 0.1) is 23.7 Å². The van der Waals surface area contributed by atoms with Crippen LogP contribution in [0, 0.1) is 11.6 Å². The summed E-state index contributed by atoms with van der Waals surface area (Å²) in [6, 6.07) is 10.4. The maximum absolute atomic E-state index is 14.0.